The molecule has 0 saturated heterocycles. The van der Waals surface area contributed by atoms with Gasteiger partial charge in [-0.05, 0) is 24.3 Å². The van der Waals surface area contributed by atoms with E-state index in [4.69, 9.17) is 9.47 Å². The minimum atomic E-state index is -0.0814. The third-order valence-electron chi connectivity index (χ3n) is 2.14. The monoisotopic (exact) mass is 235 g/mol. The number of hydrogen-bond donors (Lipinski definition) is 0. The molecule has 0 saturated carbocycles. The van der Waals surface area contributed by atoms with Crippen LogP contribution in [0.15, 0.2) is 36.9 Å². The van der Waals surface area contributed by atoms with E-state index < -0.39 is 0 Å². The summed E-state index contributed by atoms with van der Waals surface area (Å²) in [5.74, 6) is 0.637. The maximum absolute atomic E-state index is 11.8. The first-order chi connectivity index (χ1) is 8.19. The van der Waals surface area contributed by atoms with E-state index >= 15 is 0 Å². The van der Waals surface area contributed by atoms with Crippen molar-refractivity contribution in [3.63, 3.8) is 0 Å². The predicted octanol–water partition coefficient (Wildman–Crippen LogP) is 1.93. The van der Waals surface area contributed by atoms with Crippen LogP contribution in [-0.4, -0.2) is 38.3 Å². The van der Waals surface area contributed by atoms with E-state index in [-0.39, 0.29) is 12.6 Å². The van der Waals surface area contributed by atoms with Crippen molar-refractivity contribution in [1.29, 1.82) is 0 Å². The number of nitrogens with zero attached hydrogens (tertiary/aromatic N) is 1. The first-order valence-electron chi connectivity index (χ1n) is 5.27. The van der Waals surface area contributed by atoms with Crippen LogP contribution in [-0.2, 0) is 4.74 Å². The lowest BCUT2D eigenvalue weighted by Gasteiger charge is -2.15. The zero-order chi connectivity index (χ0) is 12.7. The molecule has 17 heavy (non-hydrogen) atoms. The maximum Gasteiger partial charge on any atom is 0.255 e. The molecule has 4 heteroatoms. The third-order valence-corrected chi connectivity index (χ3v) is 2.14. The lowest BCUT2D eigenvalue weighted by molar-refractivity contribution is 0.0507. The third kappa shape index (κ3) is 3.92. The lowest BCUT2D eigenvalue weighted by atomic mass is 10.2. The number of benzene rings is 1. The van der Waals surface area contributed by atoms with Gasteiger partial charge in [-0.2, -0.15) is 0 Å². The first kappa shape index (κ1) is 13.3. The standard InChI is InChI=1S/C13H17NO3/c1-4-9-17-12-7-5-11(6-8-12)13(15)14(2)10-16-3/h4-8H,1,9-10H2,2-3H3. The van der Waals surface area contributed by atoms with Crippen LogP contribution in [0.5, 0.6) is 5.75 Å². The molecule has 0 atom stereocenters. The number of methoxy groups -OCH3 is 1. The number of hydrogen-bond acceptors (Lipinski definition) is 3. The summed E-state index contributed by atoms with van der Waals surface area (Å²) in [6, 6.07) is 6.98. The Balaban J connectivity index is 2.66. The topological polar surface area (TPSA) is 38.8 Å². The molecule has 0 heterocycles. The largest absolute Gasteiger partial charge is 0.490 e. The highest BCUT2D eigenvalue weighted by molar-refractivity contribution is 5.94. The predicted molar refractivity (Wildman–Crippen MR) is 66.1 cm³/mol. The van der Waals surface area contributed by atoms with Gasteiger partial charge in [-0.1, -0.05) is 12.7 Å². The van der Waals surface area contributed by atoms with Gasteiger partial charge >= 0.3 is 0 Å². The van der Waals surface area contributed by atoms with Gasteiger partial charge in [-0.15, -0.1) is 0 Å². The molecule has 0 aliphatic rings. The van der Waals surface area contributed by atoms with Crippen LogP contribution >= 0.6 is 0 Å². The second-order valence-electron chi connectivity index (χ2n) is 3.54. The number of ether oxygens (including phenoxy) is 2. The average Bonchev–Trinajstić information content (AvgIpc) is 2.36. The summed E-state index contributed by atoms with van der Waals surface area (Å²) in [5, 5.41) is 0. The van der Waals surface area contributed by atoms with Gasteiger partial charge in [0.1, 0.15) is 19.1 Å². The molecule has 0 bridgehead atoms. The highest BCUT2D eigenvalue weighted by Crippen LogP contribution is 2.13. The van der Waals surface area contributed by atoms with Gasteiger partial charge in [0.2, 0.25) is 0 Å². The highest BCUT2D eigenvalue weighted by Gasteiger charge is 2.10. The van der Waals surface area contributed by atoms with Crippen molar-refractivity contribution in [3.8, 4) is 5.75 Å². The molecule has 0 radical (unpaired) electrons. The van der Waals surface area contributed by atoms with E-state index in [1.54, 1.807) is 44.5 Å². The Morgan fingerprint density at radius 1 is 1.41 bits per heavy atom. The van der Waals surface area contributed by atoms with Crippen molar-refractivity contribution in [2.24, 2.45) is 0 Å². The molecule has 92 valence electrons. The lowest BCUT2D eigenvalue weighted by Crippen LogP contribution is -2.28. The minimum absolute atomic E-state index is 0.0814. The second-order valence-corrected chi connectivity index (χ2v) is 3.54. The molecule has 1 aromatic rings. The number of carbonyl (C=O) groups is 1. The molecule has 0 aliphatic heterocycles. The Morgan fingerprint density at radius 2 is 2.06 bits per heavy atom. The fraction of sp³-hybridized carbons (Fsp3) is 0.308. The fourth-order valence-corrected chi connectivity index (χ4v) is 1.32. The fourth-order valence-electron chi connectivity index (χ4n) is 1.32. The highest BCUT2D eigenvalue weighted by atomic mass is 16.5. The van der Waals surface area contributed by atoms with Crippen LogP contribution < -0.4 is 4.74 Å². The Hall–Kier alpha value is -1.81. The SMILES string of the molecule is C=CCOc1ccc(C(=O)N(C)COC)cc1. The summed E-state index contributed by atoms with van der Waals surface area (Å²) in [7, 11) is 3.24. The molecule has 0 aliphatic carbocycles. The summed E-state index contributed by atoms with van der Waals surface area (Å²) in [4.78, 5) is 13.3. The van der Waals surface area contributed by atoms with E-state index in [9.17, 15) is 4.79 Å². The van der Waals surface area contributed by atoms with Gasteiger partial charge in [0.15, 0.2) is 0 Å². The normalized spacial score (nSPS) is 9.76. The zero-order valence-corrected chi connectivity index (χ0v) is 10.2. The van der Waals surface area contributed by atoms with Gasteiger partial charge in [-0.25, -0.2) is 0 Å². The quantitative estimate of drug-likeness (QED) is 0.558. The van der Waals surface area contributed by atoms with E-state index in [2.05, 4.69) is 6.58 Å². The molecule has 0 spiro atoms. The van der Waals surface area contributed by atoms with E-state index in [0.29, 0.717) is 12.2 Å². The average molecular weight is 235 g/mol. The molecule has 0 fully saturated rings. The number of carbonyl (C=O) groups excluding carboxylic acids is 1. The van der Waals surface area contributed by atoms with Gasteiger partial charge < -0.3 is 14.4 Å². The second kappa shape index (κ2) is 6.70. The van der Waals surface area contributed by atoms with Crippen molar-refractivity contribution in [1.82, 2.24) is 4.90 Å². The molecule has 1 rings (SSSR count). The van der Waals surface area contributed by atoms with E-state index in [1.165, 1.54) is 4.90 Å². The van der Waals surface area contributed by atoms with Gasteiger partial charge in [0.25, 0.3) is 5.91 Å². The van der Waals surface area contributed by atoms with Crippen LogP contribution in [0.1, 0.15) is 10.4 Å². The molecule has 0 N–H and O–H groups in total. The van der Waals surface area contributed by atoms with Crippen molar-refractivity contribution in [2.75, 3.05) is 27.5 Å². The summed E-state index contributed by atoms with van der Waals surface area (Å²) < 4.78 is 10.2. The van der Waals surface area contributed by atoms with Crippen molar-refractivity contribution < 1.29 is 14.3 Å². The molecule has 0 unspecified atom stereocenters. The van der Waals surface area contributed by atoms with E-state index in [1.807, 2.05) is 0 Å². The molecule has 0 aromatic heterocycles. The number of amides is 1. The van der Waals surface area contributed by atoms with Crippen LogP contribution in [0.2, 0.25) is 0 Å². The molecule has 1 aromatic carbocycles. The summed E-state index contributed by atoms with van der Waals surface area (Å²) in [5.41, 5.74) is 0.607. The van der Waals surface area contributed by atoms with Gasteiger partial charge in [0.05, 0.1) is 0 Å². The van der Waals surface area contributed by atoms with Crippen LogP contribution in [0.25, 0.3) is 0 Å². The Kier molecular flexibility index (Phi) is 5.23. The van der Waals surface area contributed by atoms with Crippen LogP contribution in [0, 0.1) is 0 Å². The van der Waals surface area contributed by atoms with Crippen molar-refractivity contribution >= 4 is 5.91 Å². The van der Waals surface area contributed by atoms with Crippen LogP contribution in [0.4, 0.5) is 0 Å². The smallest absolute Gasteiger partial charge is 0.255 e. The Morgan fingerprint density at radius 3 is 2.59 bits per heavy atom. The van der Waals surface area contributed by atoms with Crippen molar-refractivity contribution in [3.05, 3.63) is 42.5 Å². The minimum Gasteiger partial charge on any atom is -0.490 e. The van der Waals surface area contributed by atoms with Crippen molar-refractivity contribution in [2.45, 2.75) is 0 Å². The Labute approximate surface area is 101 Å². The number of rotatable bonds is 6. The summed E-state index contributed by atoms with van der Waals surface area (Å²) >= 11 is 0. The zero-order valence-electron chi connectivity index (χ0n) is 10.2. The molecular formula is C13H17NO3. The van der Waals surface area contributed by atoms with E-state index in [0.717, 1.165) is 5.75 Å². The van der Waals surface area contributed by atoms with Gasteiger partial charge in [0, 0.05) is 19.7 Å². The summed E-state index contributed by atoms with van der Waals surface area (Å²) in [6.07, 6.45) is 1.67. The molecule has 1 amide bonds. The molecular weight excluding hydrogens is 218 g/mol. The Bertz CT molecular complexity index is 373. The molecule has 4 nitrogen and oxygen atoms in total. The first-order valence-corrected chi connectivity index (χ1v) is 5.27. The van der Waals surface area contributed by atoms with Crippen LogP contribution in [0.3, 0.4) is 0 Å². The maximum atomic E-state index is 11.8. The van der Waals surface area contributed by atoms with Gasteiger partial charge in [-0.3, -0.25) is 4.79 Å². The summed E-state index contributed by atoms with van der Waals surface area (Å²) in [6.45, 7) is 4.29.